The minimum Gasteiger partial charge on any atom is -0.478 e. The number of aromatic nitrogens is 1. The molecule has 1 N–H and O–H groups in total. The van der Waals surface area contributed by atoms with E-state index in [0.29, 0.717) is 11.1 Å². The number of aliphatic carboxylic acids is 1. The fraction of sp³-hybridized carbons (Fsp3) is 0.353. The normalized spacial score (nSPS) is 16.8. The predicted molar refractivity (Wildman–Crippen MR) is 85.7 cm³/mol. The van der Waals surface area contributed by atoms with E-state index in [0.717, 1.165) is 29.4 Å². The van der Waals surface area contributed by atoms with E-state index in [2.05, 4.69) is 4.57 Å². The van der Waals surface area contributed by atoms with Gasteiger partial charge in [-0.3, -0.25) is 0 Å². The summed E-state index contributed by atoms with van der Waals surface area (Å²) in [6.45, 7) is 0. The highest BCUT2D eigenvalue weighted by molar-refractivity contribution is 6.31. The fourth-order valence-electron chi connectivity index (χ4n) is 3.26. The van der Waals surface area contributed by atoms with Gasteiger partial charge in [0.05, 0.1) is 0 Å². The quantitative estimate of drug-likeness (QED) is 0.820. The molecule has 0 aliphatic heterocycles. The minimum absolute atomic E-state index is 0.450. The number of halogens is 1. The van der Waals surface area contributed by atoms with Crippen LogP contribution in [0.25, 0.3) is 17.0 Å². The molecule has 0 bridgehead atoms. The molecule has 0 amide bonds. The maximum atomic E-state index is 10.8. The monoisotopic (exact) mass is 303 g/mol. The van der Waals surface area contributed by atoms with Crippen LogP contribution in [0.1, 0.15) is 43.8 Å². The van der Waals surface area contributed by atoms with Crippen LogP contribution in [0.2, 0.25) is 5.02 Å². The molecule has 4 heteroatoms. The van der Waals surface area contributed by atoms with Crippen LogP contribution in [-0.4, -0.2) is 15.6 Å². The Balaban J connectivity index is 2.12. The SMILES string of the molecule is O=C(O)/C=C/c1cc2cc(Cl)ccc2n1C1CCCCC1. The average Bonchev–Trinajstić information content (AvgIpc) is 2.83. The van der Waals surface area contributed by atoms with E-state index >= 15 is 0 Å². The summed E-state index contributed by atoms with van der Waals surface area (Å²) in [6.07, 6.45) is 8.96. The number of nitrogens with zero attached hydrogens (tertiary/aromatic N) is 1. The molecule has 1 aromatic heterocycles. The standard InChI is InChI=1S/C17H18ClNO2/c18-13-6-8-16-12(10-13)11-15(7-9-17(20)21)19(16)14-4-2-1-3-5-14/h6-11,14H,1-5H2,(H,20,21)/b9-7+. The number of carboxylic acids is 1. The first-order chi connectivity index (χ1) is 10.1. The Bertz CT molecular complexity index is 696. The Morgan fingerprint density at radius 1 is 1.24 bits per heavy atom. The van der Waals surface area contributed by atoms with Crippen molar-refractivity contribution in [3.05, 3.63) is 41.1 Å². The minimum atomic E-state index is -0.923. The van der Waals surface area contributed by atoms with Crippen LogP contribution < -0.4 is 0 Å². The van der Waals surface area contributed by atoms with Crippen molar-refractivity contribution in [1.29, 1.82) is 0 Å². The second-order valence-electron chi connectivity index (χ2n) is 5.61. The van der Waals surface area contributed by atoms with Gasteiger partial charge in [0, 0.05) is 33.7 Å². The van der Waals surface area contributed by atoms with E-state index in [1.807, 2.05) is 24.3 Å². The van der Waals surface area contributed by atoms with Crippen molar-refractivity contribution < 1.29 is 9.90 Å². The third-order valence-electron chi connectivity index (χ3n) is 4.17. The number of rotatable bonds is 3. The Hall–Kier alpha value is -1.74. The van der Waals surface area contributed by atoms with Crippen LogP contribution in [0.3, 0.4) is 0 Å². The van der Waals surface area contributed by atoms with Crippen molar-refractivity contribution >= 4 is 34.5 Å². The van der Waals surface area contributed by atoms with Crippen molar-refractivity contribution in [1.82, 2.24) is 4.57 Å². The molecule has 1 aliphatic carbocycles. The van der Waals surface area contributed by atoms with Crippen molar-refractivity contribution in [3.63, 3.8) is 0 Å². The number of fused-ring (bicyclic) bond motifs is 1. The summed E-state index contributed by atoms with van der Waals surface area (Å²) >= 11 is 6.07. The highest BCUT2D eigenvalue weighted by atomic mass is 35.5. The maximum absolute atomic E-state index is 10.8. The van der Waals surface area contributed by atoms with Crippen LogP contribution in [-0.2, 0) is 4.79 Å². The summed E-state index contributed by atoms with van der Waals surface area (Å²) in [4.78, 5) is 10.8. The molecule has 0 saturated heterocycles. The lowest BCUT2D eigenvalue weighted by Gasteiger charge is -2.26. The highest BCUT2D eigenvalue weighted by Crippen LogP contribution is 2.34. The van der Waals surface area contributed by atoms with E-state index in [-0.39, 0.29) is 0 Å². The number of hydrogen-bond acceptors (Lipinski definition) is 1. The van der Waals surface area contributed by atoms with E-state index in [1.165, 1.54) is 25.3 Å². The molecular weight excluding hydrogens is 286 g/mol. The lowest BCUT2D eigenvalue weighted by atomic mass is 9.95. The summed E-state index contributed by atoms with van der Waals surface area (Å²) in [5.74, 6) is -0.923. The first-order valence-electron chi connectivity index (χ1n) is 7.36. The van der Waals surface area contributed by atoms with Gasteiger partial charge in [-0.25, -0.2) is 4.79 Å². The molecular formula is C17H18ClNO2. The Kier molecular flexibility index (Phi) is 4.02. The first-order valence-corrected chi connectivity index (χ1v) is 7.74. The number of benzene rings is 1. The third-order valence-corrected chi connectivity index (χ3v) is 4.40. The maximum Gasteiger partial charge on any atom is 0.328 e. The zero-order valence-corrected chi connectivity index (χ0v) is 12.5. The van der Waals surface area contributed by atoms with E-state index in [9.17, 15) is 4.79 Å². The van der Waals surface area contributed by atoms with Crippen LogP contribution in [0, 0.1) is 0 Å². The van der Waals surface area contributed by atoms with Crippen LogP contribution >= 0.6 is 11.6 Å². The zero-order valence-electron chi connectivity index (χ0n) is 11.8. The second-order valence-corrected chi connectivity index (χ2v) is 6.04. The molecule has 1 fully saturated rings. The van der Waals surface area contributed by atoms with Gasteiger partial charge in [0.25, 0.3) is 0 Å². The molecule has 1 saturated carbocycles. The molecule has 0 unspecified atom stereocenters. The lowest BCUT2D eigenvalue weighted by molar-refractivity contribution is -0.131. The lowest BCUT2D eigenvalue weighted by Crippen LogP contribution is -2.13. The summed E-state index contributed by atoms with van der Waals surface area (Å²) in [5, 5.41) is 10.7. The summed E-state index contributed by atoms with van der Waals surface area (Å²) in [6, 6.07) is 8.34. The Labute approximate surface area is 128 Å². The van der Waals surface area contributed by atoms with Crippen molar-refractivity contribution in [2.24, 2.45) is 0 Å². The predicted octanol–water partition coefficient (Wildman–Crippen LogP) is 4.90. The zero-order chi connectivity index (χ0) is 14.8. The van der Waals surface area contributed by atoms with Gasteiger partial charge < -0.3 is 9.67 Å². The molecule has 1 heterocycles. The number of carboxylic acid groups (broad SMARTS) is 1. The molecule has 0 atom stereocenters. The number of carbonyl (C=O) groups is 1. The Morgan fingerprint density at radius 2 is 2.00 bits per heavy atom. The molecule has 0 spiro atoms. The first kappa shape index (κ1) is 14.2. The van der Waals surface area contributed by atoms with Gasteiger partial charge in [-0.1, -0.05) is 30.9 Å². The smallest absolute Gasteiger partial charge is 0.328 e. The fourth-order valence-corrected chi connectivity index (χ4v) is 3.44. The van der Waals surface area contributed by atoms with Crippen molar-refractivity contribution in [3.8, 4) is 0 Å². The highest BCUT2D eigenvalue weighted by Gasteiger charge is 2.19. The molecule has 3 nitrogen and oxygen atoms in total. The van der Waals surface area contributed by atoms with E-state index < -0.39 is 5.97 Å². The molecule has 1 aromatic carbocycles. The van der Waals surface area contributed by atoms with Crippen molar-refractivity contribution in [2.45, 2.75) is 38.1 Å². The Morgan fingerprint density at radius 3 is 2.71 bits per heavy atom. The topological polar surface area (TPSA) is 42.2 Å². The van der Waals surface area contributed by atoms with E-state index in [1.54, 1.807) is 6.08 Å². The van der Waals surface area contributed by atoms with E-state index in [4.69, 9.17) is 16.7 Å². The molecule has 0 radical (unpaired) electrons. The average molecular weight is 304 g/mol. The van der Waals surface area contributed by atoms with Gasteiger partial charge in [0.15, 0.2) is 0 Å². The second kappa shape index (κ2) is 5.94. The van der Waals surface area contributed by atoms with Gasteiger partial charge >= 0.3 is 5.97 Å². The van der Waals surface area contributed by atoms with Gasteiger partial charge in [-0.05, 0) is 43.2 Å². The van der Waals surface area contributed by atoms with Gasteiger partial charge in [-0.15, -0.1) is 0 Å². The van der Waals surface area contributed by atoms with Crippen LogP contribution in [0.4, 0.5) is 0 Å². The van der Waals surface area contributed by atoms with Crippen LogP contribution in [0.15, 0.2) is 30.3 Å². The molecule has 2 aromatic rings. The van der Waals surface area contributed by atoms with Gasteiger partial charge in [0.2, 0.25) is 0 Å². The number of hydrogen-bond donors (Lipinski definition) is 1. The summed E-state index contributed by atoms with van der Waals surface area (Å²) in [7, 11) is 0. The molecule has 1 aliphatic rings. The largest absolute Gasteiger partial charge is 0.478 e. The van der Waals surface area contributed by atoms with Gasteiger partial charge in [0.1, 0.15) is 0 Å². The molecule has 21 heavy (non-hydrogen) atoms. The molecule has 110 valence electrons. The summed E-state index contributed by atoms with van der Waals surface area (Å²) < 4.78 is 2.28. The van der Waals surface area contributed by atoms with Crippen LogP contribution in [0.5, 0.6) is 0 Å². The van der Waals surface area contributed by atoms with Gasteiger partial charge in [-0.2, -0.15) is 0 Å². The molecule has 3 rings (SSSR count). The third kappa shape index (κ3) is 2.98. The summed E-state index contributed by atoms with van der Waals surface area (Å²) in [5.41, 5.74) is 2.08. The van der Waals surface area contributed by atoms with Crippen molar-refractivity contribution in [2.75, 3.05) is 0 Å².